The lowest BCUT2D eigenvalue weighted by molar-refractivity contribution is 0.960. The maximum atomic E-state index is 6.25. The number of para-hydroxylation sites is 1. The van der Waals surface area contributed by atoms with Crippen molar-refractivity contribution in [1.82, 2.24) is 9.55 Å². The van der Waals surface area contributed by atoms with Crippen molar-refractivity contribution in [3.8, 4) is 11.4 Å². The first-order chi connectivity index (χ1) is 9.50. The number of fused-ring (bicyclic) bond motifs is 1. The third-order valence-corrected chi connectivity index (χ3v) is 4.16. The number of nitrogen functional groups attached to an aromatic ring is 1. The number of anilines is 1. The van der Waals surface area contributed by atoms with Crippen LogP contribution in [0.4, 0.5) is 5.69 Å². The van der Waals surface area contributed by atoms with Crippen LogP contribution in [0.2, 0.25) is 15.1 Å². The molecule has 2 aromatic carbocycles. The number of hydrogen-bond acceptors (Lipinski definition) is 2. The normalized spacial score (nSPS) is 11.2. The third kappa shape index (κ3) is 1.94. The Morgan fingerprint density at radius 3 is 2.40 bits per heavy atom. The van der Waals surface area contributed by atoms with Gasteiger partial charge in [0.25, 0.3) is 0 Å². The van der Waals surface area contributed by atoms with Gasteiger partial charge in [0.15, 0.2) is 0 Å². The van der Waals surface area contributed by atoms with E-state index in [0.717, 1.165) is 11.0 Å². The van der Waals surface area contributed by atoms with Crippen LogP contribution < -0.4 is 5.73 Å². The quantitative estimate of drug-likeness (QED) is 0.654. The van der Waals surface area contributed by atoms with Crippen LogP contribution in [0.1, 0.15) is 0 Å². The number of aromatic nitrogens is 2. The summed E-state index contributed by atoms with van der Waals surface area (Å²) in [5.41, 5.74) is 8.69. The lowest BCUT2D eigenvalue weighted by Gasteiger charge is -2.09. The number of halogens is 3. The van der Waals surface area contributed by atoms with Gasteiger partial charge in [-0.05, 0) is 24.3 Å². The predicted octanol–water partition coefficient (Wildman–Crippen LogP) is 4.78. The summed E-state index contributed by atoms with van der Waals surface area (Å²) in [6.07, 6.45) is 0. The molecule has 0 radical (unpaired) electrons. The number of nitrogens with two attached hydrogens (primary N) is 1. The van der Waals surface area contributed by atoms with Crippen molar-refractivity contribution in [2.24, 2.45) is 7.05 Å². The molecule has 0 aliphatic rings. The molecule has 1 aromatic heterocycles. The third-order valence-electron chi connectivity index (χ3n) is 3.21. The summed E-state index contributed by atoms with van der Waals surface area (Å²) in [7, 11) is 1.87. The summed E-state index contributed by atoms with van der Waals surface area (Å²) in [4.78, 5) is 4.56. The fourth-order valence-corrected chi connectivity index (χ4v) is 2.94. The van der Waals surface area contributed by atoms with Crippen LogP contribution in [0.3, 0.4) is 0 Å². The van der Waals surface area contributed by atoms with Gasteiger partial charge in [0, 0.05) is 7.05 Å². The Kier molecular flexibility index (Phi) is 3.28. The molecule has 3 aromatic rings. The molecule has 0 spiro atoms. The molecule has 0 saturated heterocycles. The highest BCUT2D eigenvalue weighted by molar-refractivity contribution is 6.38. The van der Waals surface area contributed by atoms with Crippen molar-refractivity contribution in [3.05, 3.63) is 45.4 Å². The average Bonchev–Trinajstić information content (AvgIpc) is 2.74. The monoisotopic (exact) mass is 325 g/mol. The van der Waals surface area contributed by atoms with Gasteiger partial charge in [-0.1, -0.05) is 40.9 Å². The van der Waals surface area contributed by atoms with Crippen molar-refractivity contribution in [1.29, 1.82) is 0 Å². The Balaban J connectivity index is 2.40. The van der Waals surface area contributed by atoms with E-state index in [-0.39, 0.29) is 0 Å². The van der Waals surface area contributed by atoms with Gasteiger partial charge in [0.05, 0.1) is 37.4 Å². The molecule has 3 nitrogen and oxygen atoms in total. The molecule has 0 amide bonds. The lowest BCUT2D eigenvalue weighted by Crippen LogP contribution is -1.98. The van der Waals surface area contributed by atoms with Crippen LogP contribution in [-0.2, 0) is 7.05 Å². The molecule has 6 heteroatoms. The predicted molar refractivity (Wildman–Crippen MR) is 85.6 cm³/mol. The minimum Gasteiger partial charge on any atom is -0.397 e. The van der Waals surface area contributed by atoms with E-state index in [1.807, 2.05) is 29.8 Å². The second-order valence-corrected chi connectivity index (χ2v) is 5.64. The molecule has 0 bridgehead atoms. The zero-order valence-corrected chi connectivity index (χ0v) is 12.8. The highest BCUT2D eigenvalue weighted by Crippen LogP contribution is 2.38. The van der Waals surface area contributed by atoms with Crippen molar-refractivity contribution in [2.75, 3.05) is 5.73 Å². The van der Waals surface area contributed by atoms with E-state index >= 15 is 0 Å². The fourth-order valence-electron chi connectivity index (χ4n) is 2.24. The van der Waals surface area contributed by atoms with E-state index in [0.29, 0.717) is 32.1 Å². The Morgan fingerprint density at radius 1 is 1.00 bits per heavy atom. The number of hydrogen-bond donors (Lipinski definition) is 1. The Morgan fingerprint density at radius 2 is 1.70 bits per heavy atom. The summed E-state index contributed by atoms with van der Waals surface area (Å²) in [6, 6.07) is 8.93. The minimum absolute atomic E-state index is 0.411. The zero-order valence-electron chi connectivity index (χ0n) is 10.5. The maximum absolute atomic E-state index is 6.25. The highest BCUT2D eigenvalue weighted by atomic mass is 35.5. The Hall–Kier alpha value is -1.42. The first kappa shape index (κ1) is 13.6. The first-order valence-corrected chi connectivity index (χ1v) is 6.99. The summed E-state index contributed by atoms with van der Waals surface area (Å²) >= 11 is 18.5. The van der Waals surface area contributed by atoms with E-state index in [1.54, 1.807) is 12.1 Å². The molecule has 102 valence electrons. The molecule has 3 rings (SSSR count). The topological polar surface area (TPSA) is 43.8 Å². The molecule has 1 heterocycles. The van der Waals surface area contributed by atoms with E-state index in [4.69, 9.17) is 40.5 Å². The standard InChI is InChI=1S/C14H10Cl3N3/c1-20-13-9(17)3-2-4-10(13)19-14(20)11-7(15)5-6-8(16)12(11)18/h2-6H,18H2,1H3. The number of nitrogens with zero attached hydrogens (tertiary/aromatic N) is 2. The molecule has 0 unspecified atom stereocenters. The number of imidazole rings is 1. The molecule has 2 N–H and O–H groups in total. The summed E-state index contributed by atoms with van der Waals surface area (Å²) < 4.78 is 1.87. The van der Waals surface area contributed by atoms with Gasteiger partial charge in [0.1, 0.15) is 5.82 Å². The molecule has 0 aliphatic carbocycles. The van der Waals surface area contributed by atoms with Crippen molar-refractivity contribution >= 4 is 51.5 Å². The van der Waals surface area contributed by atoms with E-state index in [2.05, 4.69) is 4.98 Å². The second-order valence-electron chi connectivity index (χ2n) is 4.42. The number of aryl methyl sites for hydroxylation is 1. The highest BCUT2D eigenvalue weighted by Gasteiger charge is 2.18. The van der Waals surface area contributed by atoms with Crippen LogP contribution in [0.25, 0.3) is 22.4 Å². The van der Waals surface area contributed by atoms with Gasteiger partial charge >= 0.3 is 0 Å². The van der Waals surface area contributed by atoms with Crippen molar-refractivity contribution in [3.63, 3.8) is 0 Å². The lowest BCUT2D eigenvalue weighted by atomic mass is 10.1. The maximum Gasteiger partial charge on any atom is 0.144 e. The molecule has 0 saturated carbocycles. The first-order valence-electron chi connectivity index (χ1n) is 5.85. The van der Waals surface area contributed by atoms with Gasteiger partial charge < -0.3 is 10.3 Å². The average molecular weight is 327 g/mol. The van der Waals surface area contributed by atoms with E-state index < -0.39 is 0 Å². The summed E-state index contributed by atoms with van der Waals surface area (Å²) in [5.74, 6) is 0.637. The van der Waals surface area contributed by atoms with Crippen LogP contribution in [0.15, 0.2) is 30.3 Å². The molecule has 0 atom stereocenters. The Labute approximate surface area is 130 Å². The van der Waals surface area contributed by atoms with Crippen molar-refractivity contribution < 1.29 is 0 Å². The summed E-state index contributed by atoms with van der Waals surface area (Å²) in [6.45, 7) is 0. The van der Waals surface area contributed by atoms with Crippen LogP contribution >= 0.6 is 34.8 Å². The van der Waals surface area contributed by atoms with Crippen molar-refractivity contribution in [2.45, 2.75) is 0 Å². The van der Waals surface area contributed by atoms with Gasteiger partial charge in [-0.15, -0.1) is 0 Å². The molecule has 0 fully saturated rings. The van der Waals surface area contributed by atoms with Crippen LogP contribution in [0.5, 0.6) is 0 Å². The van der Waals surface area contributed by atoms with E-state index in [1.165, 1.54) is 0 Å². The van der Waals surface area contributed by atoms with Crippen LogP contribution in [0, 0.1) is 0 Å². The fraction of sp³-hybridized carbons (Fsp3) is 0.0714. The SMILES string of the molecule is Cn1c(-c2c(Cl)ccc(Cl)c2N)nc2cccc(Cl)c21. The van der Waals surface area contributed by atoms with Gasteiger partial charge in [-0.3, -0.25) is 0 Å². The molecular formula is C14H10Cl3N3. The number of benzene rings is 2. The Bertz CT molecular complexity index is 824. The second kappa shape index (κ2) is 4.85. The van der Waals surface area contributed by atoms with Gasteiger partial charge in [-0.2, -0.15) is 0 Å². The van der Waals surface area contributed by atoms with E-state index in [9.17, 15) is 0 Å². The minimum atomic E-state index is 0.411. The van der Waals surface area contributed by atoms with Crippen LogP contribution in [-0.4, -0.2) is 9.55 Å². The van der Waals surface area contributed by atoms with Gasteiger partial charge in [-0.25, -0.2) is 4.98 Å². The largest absolute Gasteiger partial charge is 0.397 e. The number of rotatable bonds is 1. The molecule has 20 heavy (non-hydrogen) atoms. The van der Waals surface area contributed by atoms with Gasteiger partial charge in [0.2, 0.25) is 0 Å². The molecular weight excluding hydrogens is 317 g/mol. The summed E-state index contributed by atoms with van der Waals surface area (Å²) in [5, 5.41) is 1.57. The smallest absolute Gasteiger partial charge is 0.144 e. The zero-order chi connectivity index (χ0) is 14.4. The molecule has 0 aliphatic heterocycles.